The van der Waals surface area contributed by atoms with E-state index in [2.05, 4.69) is 5.32 Å². The molecule has 0 fully saturated rings. The standard InChI is InChI=1S/C10H19N3O2/c1-3-10(2,12)8-15-7-9(14)13-6-4-5-11/h3-4,6-8,12H2,1-2H3,(H,13,14). The molecule has 3 N–H and O–H groups in total. The summed E-state index contributed by atoms with van der Waals surface area (Å²) in [6.07, 6.45) is 1.11. The Bertz CT molecular complexity index is 233. The number of carbonyl (C=O) groups excluding carboxylic acids is 1. The third-order valence-corrected chi connectivity index (χ3v) is 2.03. The van der Waals surface area contributed by atoms with Gasteiger partial charge in [0.15, 0.2) is 0 Å². The fourth-order valence-corrected chi connectivity index (χ4v) is 0.788. The number of ether oxygens (including phenoxy) is 1. The predicted octanol–water partition coefficient (Wildman–Crippen LogP) is 0.160. The Labute approximate surface area is 90.6 Å². The first-order valence-corrected chi connectivity index (χ1v) is 5.02. The number of hydrogen-bond donors (Lipinski definition) is 2. The molecule has 0 aromatic rings. The first-order valence-electron chi connectivity index (χ1n) is 5.02. The monoisotopic (exact) mass is 213 g/mol. The maximum Gasteiger partial charge on any atom is 0.246 e. The fraction of sp³-hybridized carbons (Fsp3) is 0.800. The molecule has 15 heavy (non-hydrogen) atoms. The van der Waals surface area contributed by atoms with E-state index in [0.29, 0.717) is 19.6 Å². The zero-order valence-electron chi connectivity index (χ0n) is 9.38. The van der Waals surface area contributed by atoms with Gasteiger partial charge in [-0.15, -0.1) is 0 Å². The van der Waals surface area contributed by atoms with Crippen LogP contribution in [-0.4, -0.2) is 31.2 Å². The van der Waals surface area contributed by atoms with Crippen LogP contribution >= 0.6 is 0 Å². The summed E-state index contributed by atoms with van der Waals surface area (Å²) in [5.41, 5.74) is 5.44. The molecule has 0 saturated carbocycles. The van der Waals surface area contributed by atoms with E-state index in [0.717, 1.165) is 6.42 Å². The molecule has 0 rings (SSSR count). The summed E-state index contributed by atoms with van der Waals surface area (Å²) in [5.74, 6) is -0.211. The van der Waals surface area contributed by atoms with Gasteiger partial charge in [0, 0.05) is 12.1 Å². The minimum atomic E-state index is -0.382. The molecule has 1 amide bonds. The van der Waals surface area contributed by atoms with E-state index in [-0.39, 0.29) is 18.1 Å². The highest BCUT2D eigenvalue weighted by molar-refractivity contribution is 5.77. The molecule has 0 aliphatic carbocycles. The Kier molecular flexibility index (Phi) is 6.67. The van der Waals surface area contributed by atoms with E-state index in [1.165, 1.54) is 0 Å². The largest absolute Gasteiger partial charge is 0.370 e. The van der Waals surface area contributed by atoms with E-state index in [1.54, 1.807) is 0 Å². The number of rotatable bonds is 7. The van der Waals surface area contributed by atoms with Gasteiger partial charge in [-0.1, -0.05) is 6.92 Å². The van der Waals surface area contributed by atoms with Crippen LogP contribution in [0.5, 0.6) is 0 Å². The Balaban J connectivity index is 3.52. The van der Waals surface area contributed by atoms with Crippen molar-refractivity contribution in [1.29, 1.82) is 5.26 Å². The Morgan fingerprint density at radius 3 is 2.87 bits per heavy atom. The molecule has 0 radical (unpaired) electrons. The number of nitriles is 1. The number of carbonyl (C=O) groups is 1. The van der Waals surface area contributed by atoms with Crippen LogP contribution in [0.2, 0.25) is 0 Å². The number of nitrogens with zero attached hydrogens (tertiary/aromatic N) is 1. The maximum atomic E-state index is 11.1. The van der Waals surface area contributed by atoms with Gasteiger partial charge >= 0.3 is 0 Å². The lowest BCUT2D eigenvalue weighted by Crippen LogP contribution is -2.41. The summed E-state index contributed by atoms with van der Waals surface area (Å²) >= 11 is 0. The highest BCUT2D eigenvalue weighted by atomic mass is 16.5. The zero-order valence-corrected chi connectivity index (χ0v) is 9.38. The SMILES string of the molecule is CCC(C)(N)COCC(=O)NCCC#N. The van der Waals surface area contributed by atoms with Gasteiger partial charge in [0.1, 0.15) is 6.61 Å². The summed E-state index contributed by atoms with van der Waals surface area (Å²) in [6.45, 7) is 4.57. The van der Waals surface area contributed by atoms with Gasteiger partial charge < -0.3 is 15.8 Å². The summed E-state index contributed by atoms with van der Waals surface area (Å²) < 4.78 is 5.16. The van der Waals surface area contributed by atoms with Gasteiger partial charge in [-0.2, -0.15) is 5.26 Å². The molecule has 1 atom stereocenters. The van der Waals surface area contributed by atoms with Gasteiger partial charge in [-0.25, -0.2) is 0 Å². The first kappa shape index (κ1) is 13.9. The van der Waals surface area contributed by atoms with E-state index >= 15 is 0 Å². The Morgan fingerprint density at radius 2 is 2.33 bits per heavy atom. The molecule has 0 heterocycles. The van der Waals surface area contributed by atoms with Crippen LogP contribution in [0.1, 0.15) is 26.7 Å². The molecule has 5 heteroatoms. The summed E-state index contributed by atoms with van der Waals surface area (Å²) in [6, 6.07) is 1.94. The first-order chi connectivity index (χ1) is 7.02. The topological polar surface area (TPSA) is 88.1 Å². The quantitative estimate of drug-likeness (QED) is 0.590. The van der Waals surface area contributed by atoms with Crippen LogP contribution in [0, 0.1) is 11.3 Å². The van der Waals surface area contributed by atoms with Crippen LogP contribution in [0.4, 0.5) is 0 Å². The van der Waals surface area contributed by atoms with Crippen LogP contribution in [-0.2, 0) is 9.53 Å². The van der Waals surface area contributed by atoms with Crippen LogP contribution in [0.3, 0.4) is 0 Å². The van der Waals surface area contributed by atoms with Crippen molar-refractivity contribution in [2.75, 3.05) is 19.8 Å². The molecule has 5 nitrogen and oxygen atoms in total. The third-order valence-electron chi connectivity index (χ3n) is 2.03. The van der Waals surface area contributed by atoms with Crippen molar-refractivity contribution in [2.45, 2.75) is 32.2 Å². The van der Waals surface area contributed by atoms with Gasteiger partial charge in [-0.3, -0.25) is 4.79 Å². The second-order valence-electron chi connectivity index (χ2n) is 3.76. The molecule has 1 unspecified atom stereocenters. The maximum absolute atomic E-state index is 11.1. The zero-order chi connectivity index (χ0) is 11.7. The molecular formula is C10H19N3O2. The van der Waals surface area contributed by atoms with Gasteiger partial charge in [-0.05, 0) is 13.3 Å². The van der Waals surface area contributed by atoms with Crippen molar-refractivity contribution in [1.82, 2.24) is 5.32 Å². The summed E-state index contributed by atoms with van der Waals surface area (Å²) in [4.78, 5) is 11.1. The smallest absolute Gasteiger partial charge is 0.246 e. The lowest BCUT2D eigenvalue weighted by atomic mass is 10.0. The third kappa shape index (κ3) is 7.91. The average molecular weight is 213 g/mol. The second kappa shape index (κ2) is 7.21. The van der Waals surface area contributed by atoms with E-state index in [9.17, 15) is 4.79 Å². The Hall–Kier alpha value is -1.12. The lowest BCUT2D eigenvalue weighted by Gasteiger charge is -2.21. The van der Waals surface area contributed by atoms with E-state index < -0.39 is 0 Å². The number of nitrogens with one attached hydrogen (secondary N) is 1. The Morgan fingerprint density at radius 1 is 1.67 bits per heavy atom. The molecule has 86 valence electrons. The fourth-order valence-electron chi connectivity index (χ4n) is 0.788. The molecule has 0 bridgehead atoms. The second-order valence-corrected chi connectivity index (χ2v) is 3.76. The van der Waals surface area contributed by atoms with Gasteiger partial charge in [0.2, 0.25) is 5.91 Å². The van der Waals surface area contributed by atoms with Crippen molar-refractivity contribution in [3.63, 3.8) is 0 Å². The van der Waals surface area contributed by atoms with Crippen LogP contribution in [0.15, 0.2) is 0 Å². The minimum absolute atomic E-state index is 0.00177. The van der Waals surface area contributed by atoms with Gasteiger partial charge in [0.25, 0.3) is 0 Å². The highest BCUT2D eigenvalue weighted by Gasteiger charge is 2.16. The predicted molar refractivity (Wildman–Crippen MR) is 56.9 cm³/mol. The minimum Gasteiger partial charge on any atom is -0.370 e. The highest BCUT2D eigenvalue weighted by Crippen LogP contribution is 2.04. The lowest BCUT2D eigenvalue weighted by molar-refractivity contribution is -0.126. The van der Waals surface area contributed by atoms with Crippen molar-refractivity contribution in [3.05, 3.63) is 0 Å². The number of nitrogens with two attached hydrogens (primary N) is 1. The molecule has 0 aromatic carbocycles. The van der Waals surface area contributed by atoms with E-state index in [1.807, 2.05) is 19.9 Å². The normalized spacial score (nSPS) is 14.0. The van der Waals surface area contributed by atoms with Gasteiger partial charge in [0.05, 0.1) is 19.1 Å². The molecule has 0 spiro atoms. The molecule has 0 aliphatic heterocycles. The number of amides is 1. The van der Waals surface area contributed by atoms with Crippen molar-refractivity contribution in [3.8, 4) is 6.07 Å². The molecular weight excluding hydrogens is 194 g/mol. The summed E-state index contributed by atoms with van der Waals surface area (Å²) in [7, 11) is 0. The van der Waals surface area contributed by atoms with Crippen LogP contribution in [0.25, 0.3) is 0 Å². The van der Waals surface area contributed by atoms with Crippen molar-refractivity contribution < 1.29 is 9.53 Å². The van der Waals surface area contributed by atoms with E-state index in [4.69, 9.17) is 15.7 Å². The molecule has 0 saturated heterocycles. The van der Waals surface area contributed by atoms with Crippen molar-refractivity contribution in [2.24, 2.45) is 5.73 Å². The summed E-state index contributed by atoms with van der Waals surface area (Å²) in [5, 5.41) is 10.8. The molecule has 0 aliphatic rings. The molecule has 0 aromatic heterocycles. The average Bonchev–Trinajstić information content (AvgIpc) is 2.18. The van der Waals surface area contributed by atoms with Crippen molar-refractivity contribution >= 4 is 5.91 Å². The number of hydrogen-bond acceptors (Lipinski definition) is 4. The van der Waals surface area contributed by atoms with Crippen LogP contribution < -0.4 is 11.1 Å².